The molecule has 0 bridgehead atoms. The van der Waals surface area contributed by atoms with E-state index in [-0.39, 0.29) is 24.8 Å². The molecule has 0 radical (unpaired) electrons. The van der Waals surface area contributed by atoms with Crippen LogP contribution >= 0.6 is 0 Å². The third kappa shape index (κ3) is 5.67. The van der Waals surface area contributed by atoms with Crippen molar-refractivity contribution in [3.8, 4) is 16.9 Å². The molecule has 1 unspecified atom stereocenters. The molecule has 1 aliphatic heterocycles. The lowest BCUT2D eigenvalue weighted by molar-refractivity contribution is 0.145. The number of carbonyl (C=O) groups is 1. The molecule has 0 spiro atoms. The van der Waals surface area contributed by atoms with Gasteiger partial charge in [0.05, 0.1) is 36.8 Å². The zero-order valence-electron chi connectivity index (χ0n) is 19.2. The smallest absolute Gasteiger partial charge is 0.319 e. The van der Waals surface area contributed by atoms with Gasteiger partial charge in [-0.2, -0.15) is 5.10 Å². The number of ether oxygens (including phenoxy) is 1. The molecule has 1 atom stereocenters. The molecular formula is C25H31N5O4. The number of aliphatic hydroxyl groups is 2. The molecular weight excluding hydrogens is 434 g/mol. The van der Waals surface area contributed by atoms with E-state index in [4.69, 9.17) is 4.74 Å². The molecule has 5 N–H and O–H groups in total. The Bertz CT molecular complexity index is 1080. The number of piperidine rings is 1. The number of carbonyl (C=O) groups excluding carboxylic acids is 1. The summed E-state index contributed by atoms with van der Waals surface area (Å²) in [6.07, 6.45) is 5.01. The van der Waals surface area contributed by atoms with Crippen molar-refractivity contribution in [1.82, 2.24) is 15.5 Å². The van der Waals surface area contributed by atoms with E-state index in [0.717, 1.165) is 22.4 Å². The highest BCUT2D eigenvalue weighted by atomic mass is 16.5. The number of anilines is 2. The van der Waals surface area contributed by atoms with Crippen molar-refractivity contribution >= 4 is 17.4 Å². The molecule has 0 aliphatic carbocycles. The highest BCUT2D eigenvalue weighted by molar-refractivity contribution is 5.94. The number of hydrogen-bond acceptors (Lipinski definition) is 6. The van der Waals surface area contributed by atoms with Gasteiger partial charge >= 0.3 is 6.03 Å². The van der Waals surface area contributed by atoms with Crippen molar-refractivity contribution in [2.75, 3.05) is 37.0 Å². The maximum atomic E-state index is 13.0. The SMILES string of the molecule is COc1cccc(C(CCO)NC(=O)Nc2ccc(-c3cn[nH]c3)cc2N2CCC(O)CC2)c1. The fraction of sp³-hybridized carbons (Fsp3) is 0.360. The van der Waals surface area contributed by atoms with Gasteiger partial charge in [-0.25, -0.2) is 4.79 Å². The Morgan fingerprint density at radius 1 is 1.24 bits per heavy atom. The Balaban J connectivity index is 1.55. The highest BCUT2D eigenvalue weighted by Crippen LogP contribution is 2.33. The Morgan fingerprint density at radius 2 is 2.06 bits per heavy atom. The van der Waals surface area contributed by atoms with Crippen LogP contribution < -0.4 is 20.3 Å². The summed E-state index contributed by atoms with van der Waals surface area (Å²) >= 11 is 0. The summed E-state index contributed by atoms with van der Waals surface area (Å²) in [6.45, 7) is 1.33. The van der Waals surface area contributed by atoms with Crippen molar-refractivity contribution in [2.24, 2.45) is 0 Å². The second kappa shape index (κ2) is 11.0. The second-order valence-corrected chi connectivity index (χ2v) is 8.38. The van der Waals surface area contributed by atoms with Crippen LogP contribution in [0.15, 0.2) is 54.9 Å². The minimum absolute atomic E-state index is 0.0666. The van der Waals surface area contributed by atoms with Gasteiger partial charge in [-0.3, -0.25) is 5.10 Å². The quantitative estimate of drug-likeness (QED) is 0.348. The van der Waals surface area contributed by atoms with Crippen LogP contribution in [0.2, 0.25) is 0 Å². The average molecular weight is 466 g/mol. The van der Waals surface area contributed by atoms with E-state index in [2.05, 4.69) is 25.7 Å². The summed E-state index contributed by atoms with van der Waals surface area (Å²) in [4.78, 5) is 15.2. The molecule has 3 aromatic rings. The largest absolute Gasteiger partial charge is 0.497 e. The number of benzene rings is 2. The number of amides is 2. The van der Waals surface area contributed by atoms with E-state index in [1.165, 1.54) is 0 Å². The molecule has 9 nitrogen and oxygen atoms in total. The van der Waals surface area contributed by atoms with Crippen LogP contribution in [0, 0.1) is 0 Å². The van der Waals surface area contributed by atoms with E-state index in [0.29, 0.717) is 43.8 Å². The first-order chi connectivity index (χ1) is 16.6. The Hall–Kier alpha value is -3.56. The normalized spacial score (nSPS) is 15.1. The van der Waals surface area contributed by atoms with Gasteiger partial charge in [-0.05, 0) is 54.7 Å². The molecule has 0 saturated carbocycles. The molecule has 1 aliphatic rings. The fourth-order valence-corrected chi connectivity index (χ4v) is 4.22. The van der Waals surface area contributed by atoms with Gasteiger partial charge < -0.3 is 30.5 Å². The molecule has 180 valence electrons. The second-order valence-electron chi connectivity index (χ2n) is 8.38. The number of nitrogens with zero attached hydrogens (tertiary/aromatic N) is 2. The van der Waals surface area contributed by atoms with Gasteiger partial charge in [0, 0.05) is 31.5 Å². The van der Waals surface area contributed by atoms with E-state index in [1.807, 2.05) is 48.7 Å². The van der Waals surface area contributed by atoms with Gasteiger partial charge in [-0.15, -0.1) is 0 Å². The lowest BCUT2D eigenvalue weighted by atomic mass is 10.0. The fourth-order valence-electron chi connectivity index (χ4n) is 4.22. The summed E-state index contributed by atoms with van der Waals surface area (Å²) in [5.74, 6) is 0.687. The molecule has 1 aromatic heterocycles. The number of hydrogen-bond donors (Lipinski definition) is 5. The molecule has 9 heteroatoms. The number of methoxy groups -OCH3 is 1. The molecule has 2 heterocycles. The zero-order valence-corrected chi connectivity index (χ0v) is 19.2. The zero-order chi connectivity index (χ0) is 23.9. The minimum atomic E-state index is -0.376. The van der Waals surface area contributed by atoms with Crippen LogP contribution in [0.1, 0.15) is 30.9 Å². The van der Waals surface area contributed by atoms with Gasteiger partial charge in [-0.1, -0.05) is 18.2 Å². The number of aromatic nitrogens is 2. The number of nitrogens with one attached hydrogen (secondary N) is 3. The molecule has 4 rings (SSSR count). The number of aliphatic hydroxyl groups excluding tert-OH is 2. The summed E-state index contributed by atoms with van der Waals surface area (Å²) in [5, 5.41) is 32.3. The number of aromatic amines is 1. The third-order valence-corrected chi connectivity index (χ3v) is 6.10. The van der Waals surface area contributed by atoms with Gasteiger partial charge in [0.25, 0.3) is 0 Å². The van der Waals surface area contributed by atoms with E-state index < -0.39 is 0 Å². The highest BCUT2D eigenvalue weighted by Gasteiger charge is 2.22. The van der Waals surface area contributed by atoms with E-state index in [9.17, 15) is 15.0 Å². The number of H-pyrrole nitrogens is 1. The molecule has 2 amide bonds. The van der Waals surface area contributed by atoms with Crippen molar-refractivity contribution in [2.45, 2.75) is 31.4 Å². The first-order valence-corrected chi connectivity index (χ1v) is 11.5. The number of rotatable bonds is 8. The lowest BCUT2D eigenvalue weighted by Gasteiger charge is -2.33. The maximum absolute atomic E-state index is 13.0. The van der Waals surface area contributed by atoms with Gasteiger partial charge in [0.15, 0.2) is 0 Å². The van der Waals surface area contributed by atoms with Crippen LogP contribution in [-0.4, -0.2) is 59.4 Å². The summed E-state index contributed by atoms with van der Waals surface area (Å²) in [5.41, 5.74) is 4.35. The van der Waals surface area contributed by atoms with Crippen LogP contribution in [-0.2, 0) is 0 Å². The monoisotopic (exact) mass is 465 g/mol. The van der Waals surface area contributed by atoms with Crippen molar-refractivity contribution in [3.63, 3.8) is 0 Å². The Labute approximate surface area is 198 Å². The van der Waals surface area contributed by atoms with Crippen LogP contribution in [0.25, 0.3) is 11.1 Å². The van der Waals surface area contributed by atoms with Crippen molar-refractivity contribution < 1.29 is 19.7 Å². The van der Waals surface area contributed by atoms with Crippen molar-refractivity contribution in [1.29, 1.82) is 0 Å². The van der Waals surface area contributed by atoms with Gasteiger partial charge in [0.2, 0.25) is 0 Å². The Morgan fingerprint density at radius 3 is 2.76 bits per heavy atom. The minimum Gasteiger partial charge on any atom is -0.497 e. The maximum Gasteiger partial charge on any atom is 0.319 e. The van der Waals surface area contributed by atoms with E-state index in [1.54, 1.807) is 13.3 Å². The molecule has 1 fully saturated rings. The molecule has 1 saturated heterocycles. The predicted octanol–water partition coefficient (Wildman–Crippen LogP) is 3.29. The summed E-state index contributed by atoms with van der Waals surface area (Å²) in [6, 6.07) is 12.6. The topological polar surface area (TPSA) is 123 Å². The first kappa shape index (κ1) is 23.6. The van der Waals surface area contributed by atoms with Crippen LogP contribution in [0.4, 0.5) is 16.2 Å². The summed E-state index contributed by atoms with van der Waals surface area (Å²) in [7, 11) is 1.59. The third-order valence-electron chi connectivity index (χ3n) is 6.10. The Kier molecular flexibility index (Phi) is 7.66. The average Bonchev–Trinajstić information content (AvgIpc) is 3.40. The first-order valence-electron chi connectivity index (χ1n) is 11.5. The lowest BCUT2D eigenvalue weighted by Crippen LogP contribution is -2.37. The number of urea groups is 1. The van der Waals surface area contributed by atoms with Gasteiger partial charge in [0.1, 0.15) is 5.75 Å². The predicted molar refractivity (Wildman–Crippen MR) is 131 cm³/mol. The standard InChI is InChI=1S/C25H31N5O4/c1-34-21-4-2-3-18(13-21)22(9-12-31)28-25(33)29-23-6-5-17(19-15-26-27-16-19)14-24(23)30-10-7-20(32)8-11-30/h2-6,13-16,20,22,31-32H,7-12H2,1H3,(H,26,27)(H2,28,29,33). The molecule has 2 aromatic carbocycles. The van der Waals surface area contributed by atoms with Crippen LogP contribution in [0.5, 0.6) is 5.75 Å². The van der Waals surface area contributed by atoms with E-state index >= 15 is 0 Å². The summed E-state index contributed by atoms with van der Waals surface area (Å²) < 4.78 is 5.30. The van der Waals surface area contributed by atoms with Crippen molar-refractivity contribution in [3.05, 3.63) is 60.4 Å². The van der Waals surface area contributed by atoms with Crippen LogP contribution in [0.3, 0.4) is 0 Å². The molecule has 34 heavy (non-hydrogen) atoms.